The summed E-state index contributed by atoms with van der Waals surface area (Å²) in [6.07, 6.45) is 0. The second kappa shape index (κ2) is 5.19. The monoisotopic (exact) mass is 306 g/mol. The van der Waals surface area contributed by atoms with Crippen molar-refractivity contribution in [3.8, 4) is 0 Å². The number of amides is 1. The summed E-state index contributed by atoms with van der Waals surface area (Å²) in [4.78, 5) is 14.1. The Kier molecular flexibility index (Phi) is 3.15. The standard InChI is InChI=1S/C18H18N4O/c1-12(23)22-11-13-7-3-4-8-14(13)18-17(19-20-21(18)2)15-9-5-6-10-16(15)22/h3-10,17-18H,11H2,1-2H3. The van der Waals surface area contributed by atoms with Crippen LogP contribution in [0.15, 0.2) is 58.9 Å². The van der Waals surface area contributed by atoms with Crippen LogP contribution in [0.2, 0.25) is 0 Å². The van der Waals surface area contributed by atoms with Crippen LogP contribution in [0.25, 0.3) is 0 Å². The molecule has 0 saturated carbocycles. The maximum absolute atomic E-state index is 12.3. The van der Waals surface area contributed by atoms with Crippen LogP contribution in [-0.4, -0.2) is 18.0 Å². The van der Waals surface area contributed by atoms with Crippen molar-refractivity contribution in [3.63, 3.8) is 0 Å². The molecule has 2 aliphatic heterocycles. The summed E-state index contributed by atoms with van der Waals surface area (Å²) >= 11 is 0. The van der Waals surface area contributed by atoms with Gasteiger partial charge < -0.3 is 4.90 Å². The lowest BCUT2D eigenvalue weighted by Gasteiger charge is -2.33. The molecule has 2 atom stereocenters. The first-order chi connectivity index (χ1) is 11.2. The van der Waals surface area contributed by atoms with Crippen molar-refractivity contribution in [1.82, 2.24) is 5.01 Å². The van der Waals surface area contributed by atoms with E-state index in [0.29, 0.717) is 6.54 Å². The van der Waals surface area contributed by atoms with Crippen molar-refractivity contribution in [2.75, 3.05) is 11.9 Å². The summed E-state index contributed by atoms with van der Waals surface area (Å²) < 4.78 is 0. The molecule has 4 rings (SSSR count). The van der Waals surface area contributed by atoms with Crippen molar-refractivity contribution in [2.24, 2.45) is 10.3 Å². The number of nitrogens with zero attached hydrogens (tertiary/aromatic N) is 4. The smallest absolute Gasteiger partial charge is 0.224 e. The molecule has 5 nitrogen and oxygen atoms in total. The number of likely N-dealkylation sites (N-methyl/N-ethyl adjacent to an activating group) is 1. The predicted molar refractivity (Wildman–Crippen MR) is 87.8 cm³/mol. The van der Waals surface area contributed by atoms with Crippen LogP contribution >= 0.6 is 0 Å². The first-order valence-corrected chi connectivity index (χ1v) is 7.75. The molecule has 2 aromatic rings. The Morgan fingerprint density at radius 2 is 1.78 bits per heavy atom. The molecule has 5 heteroatoms. The zero-order chi connectivity index (χ0) is 16.0. The molecule has 116 valence electrons. The largest absolute Gasteiger partial charge is 0.308 e. The number of anilines is 1. The fourth-order valence-corrected chi connectivity index (χ4v) is 3.55. The van der Waals surface area contributed by atoms with Crippen LogP contribution in [0, 0.1) is 0 Å². The summed E-state index contributed by atoms with van der Waals surface area (Å²) in [5.41, 5.74) is 4.31. The Hall–Kier alpha value is -2.69. The zero-order valence-corrected chi connectivity index (χ0v) is 13.2. The second-order valence-corrected chi connectivity index (χ2v) is 6.03. The Morgan fingerprint density at radius 3 is 2.57 bits per heavy atom. The topological polar surface area (TPSA) is 48.3 Å². The fraction of sp³-hybridized carbons (Fsp3) is 0.278. The van der Waals surface area contributed by atoms with Gasteiger partial charge in [-0.25, -0.2) is 0 Å². The average Bonchev–Trinajstić information content (AvgIpc) is 2.92. The Labute approximate surface area is 135 Å². The predicted octanol–water partition coefficient (Wildman–Crippen LogP) is 3.65. The van der Waals surface area contributed by atoms with Crippen molar-refractivity contribution >= 4 is 11.6 Å². The summed E-state index contributed by atoms with van der Waals surface area (Å²) in [6, 6.07) is 16.2. The first-order valence-electron chi connectivity index (χ1n) is 7.75. The molecule has 2 unspecified atom stereocenters. The van der Waals surface area contributed by atoms with E-state index in [1.165, 1.54) is 5.56 Å². The van der Waals surface area contributed by atoms with Crippen LogP contribution in [0.4, 0.5) is 5.69 Å². The van der Waals surface area contributed by atoms with Gasteiger partial charge >= 0.3 is 0 Å². The molecule has 0 aliphatic carbocycles. The lowest BCUT2D eigenvalue weighted by molar-refractivity contribution is -0.116. The number of fused-ring (bicyclic) bond motifs is 5. The van der Waals surface area contributed by atoms with Gasteiger partial charge in [0.15, 0.2) is 0 Å². The third kappa shape index (κ3) is 2.11. The van der Waals surface area contributed by atoms with Gasteiger partial charge in [-0.15, -0.1) is 0 Å². The fourth-order valence-electron chi connectivity index (χ4n) is 3.55. The highest BCUT2D eigenvalue weighted by atomic mass is 16.2. The van der Waals surface area contributed by atoms with E-state index in [1.807, 2.05) is 47.3 Å². The molecule has 0 bridgehead atoms. The van der Waals surface area contributed by atoms with Crippen molar-refractivity contribution in [2.45, 2.75) is 25.6 Å². The normalized spacial score (nSPS) is 22.0. The van der Waals surface area contributed by atoms with Crippen molar-refractivity contribution in [1.29, 1.82) is 0 Å². The number of para-hydroxylation sites is 1. The van der Waals surface area contributed by atoms with Gasteiger partial charge in [-0.3, -0.25) is 9.80 Å². The highest BCUT2D eigenvalue weighted by molar-refractivity contribution is 5.92. The van der Waals surface area contributed by atoms with Crippen molar-refractivity contribution in [3.05, 3.63) is 65.2 Å². The maximum Gasteiger partial charge on any atom is 0.224 e. The van der Waals surface area contributed by atoms with Gasteiger partial charge in [-0.1, -0.05) is 47.7 Å². The third-order valence-corrected chi connectivity index (χ3v) is 4.65. The van der Waals surface area contributed by atoms with Crippen molar-refractivity contribution < 1.29 is 4.79 Å². The van der Waals surface area contributed by atoms with Gasteiger partial charge in [0.1, 0.15) is 12.1 Å². The lowest BCUT2D eigenvalue weighted by atomic mass is 9.88. The summed E-state index contributed by atoms with van der Waals surface area (Å²) in [5, 5.41) is 10.7. The number of carbonyl (C=O) groups is 1. The Balaban J connectivity index is 1.97. The zero-order valence-electron chi connectivity index (χ0n) is 13.2. The highest BCUT2D eigenvalue weighted by Crippen LogP contribution is 2.47. The van der Waals surface area contributed by atoms with E-state index in [9.17, 15) is 4.79 Å². The SMILES string of the molecule is CC(=O)N1Cc2ccccc2C2C(N=NN2C)c2ccccc21. The van der Waals surface area contributed by atoms with Gasteiger partial charge in [0, 0.05) is 25.2 Å². The molecule has 0 radical (unpaired) electrons. The molecule has 2 aliphatic rings. The molecule has 0 saturated heterocycles. The second-order valence-electron chi connectivity index (χ2n) is 6.03. The quantitative estimate of drug-likeness (QED) is 0.746. The van der Waals surface area contributed by atoms with E-state index in [4.69, 9.17) is 0 Å². The van der Waals surface area contributed by atoms with E-state index in [2.05, 4.69) is 28.5 Å². The molecule has 2 heterocycles. The first kappa shape index (κ1) is 13.9. The molecular weight excluding hydrogens is 288 g/mol. The van der Waals surface area contributed by atoms with E-state index in [1.54, 1.807) is 6.92 Å². The number of hydrogen-bond donors (Lipinski definition) is 0. The molecule has 23 heavy (non-hydrogen) atoms. The lowest BCUT2D eigenvalue weighted by Crippen LogP contribution is -2.33. The van der Waals surface area contributed by atoms with Crippen LogP contribution in [0.3, 0.4) is 0 Å². The number of rotatable bonds is 0. The van der Waals surface area contributed by atoms with Gasteiger partial charge in [0.05, 0.1) is 6.54 Å². The number of hydrogen-bond acceptors (Lipinski definition) is 4. The van der Waals surface area contributed by atoms with E-state index < -0.39 is 0 Å². The van der Waals surface area contributed by atoms with E-state index in [0.717, 1.165) is 16.8 Å². The highest BCUT2D eigenvalue weighted by Gasteiger charge is 2.38. The number of carbonyl (C=O) groups excluding carboxylic acids is 1. The number of benzene rings is 2. The Morgan fingerprint density at radius 1 is 1.09 bits per heavy atom. The minimum absolute atomic E-state index is 0.0361. The molecule has 0 spiro atoms. The van der Waals surface area contributed by atoms with Gasteiger partial charge in [-0.05, 0) is 17.2 Å². The maximum atomic E-state index is 12.3. The Bertz CT molecular complexity index is 801. The summed E-state index contributed by atoms with van der Waals surface area (Å²) in [5.74, 6) is 0.0361. The van der Waals surface area contributed by atoms with Gasteiger partial charge in [0.25, 0.3) is 0 Å². The molecule has 0 aromatic heterocycles. The molecule has 0 fully saturated rings. The van der Waals surface area contributed by atoms with E-state index in [-0.39, 0.29) is 18.0 Å². The van der Waals surface area contributed by atoms with Crippen LogP contribution in [0.5, 0.6) is 0 Å². The third-order valence-electron chi connectivity index (χ3n) is 4.65. The molecule has 0 N–H and O–H groups in total. The molecular formula is C18H18N4O. The van der Waals surface area contributed by atoms with Crippen LogP contribution in [-0.2, 0) is 11.3 Å². The minimum atomic E-state index is -0.0977. The summed E-state index contributed by atoms with van der Waals surface area (Å²) in [6.45, 7) is 2.18. The van der Waals surface area contributed by atoms with E-state index >= 15 is 0 Å². The summed E-state index contributed by atoms with van der Waals surface area (Å²) in [7, 11) is 1.96. The van der Waals surface area contributed by atoms with Gasteiger partial charge in [0.2, 0.25) is 5.91 Å². The van der Waals surface area contributed by atoms with Crippen LogP contribution in [0.1, 0.15) is 35.7 Å². The minimum Gasteiger partial charge on any atom is -0.308 e. The van der Waals surface area contributed by atoms with Gasteiger partial charge in [-0.2, -0.15) is 5.11 Å². The molecule has 1 amide bonds. The van der Waals surface area contributed by atoms with Crippen LogP contribution < -0.4 is 4.90 Å². The molecule has 2 aromatic carbocycles. The average molecular weight is 306 g/mol.